The minimum absolute atomic E-state index is 0. The van der Waals surface area contributed by atoms with E-state index in [2.05, 4.69) is 53.4 Å². The predicted molar refractivity (Wildman–Crippen MR) is 122 cm³/mol. The molecule has 2 fully saturated rings. The van der Waals surface area contributed by atoms with E-state index in [1.165, 1.54) is 17.5 Å². The fourth-order valence-corrected chi connectivity index (χ4v) is 3.90. The average molecular weight is 495 g/mol. The van der Waals surface area contributed by atoms with Crippen LogP contribution in [0.2, 0.25) is 0 Å². The minimum atomic E-state index is 0. The third-order valence-electron chi connectivity index (χ3n) is 5.46. The topological polar surface area (TPSA) is 54.7 Å². The number of nitrogens with zero attached hydrogens (tertiary/aromatic N) is 4. The van der Waals surface area contributed by atoms with Crippen LogP contribution in [-0.2, 0) is 11.8 Å². The smallest absolute Gasteiger partial charge is 0.194 e. The molecule has 3 atom stereocenters. The Morgan fingerprint density at radius 2 is 2.18 bits per heavy atom. The molecule has 1 aliphatic heterocycles. The molecule has 1 aromatic carbocycles. The van der Waals surface area contributed by atoms with Gasteiger partial charge in [0, 0.05) is 43.9 Å². The highest BCUT2D eigenvalue weighted by Crippen LogP contribution is 2.42. The molecule has 1 aliphatic carbocycles. The predicted octanol–water partition coefficient (Wildman–Crippen LogP) is 3.24. The van der Waals surface area contributed by atoms with Crippen LogP contribution in [0.1, 0.15) is 42.1 Å². The Morgan fingerprint density at radius 3 is 2.89 bits per heavy atom. The van der Waals surface area contributed by atoms with Crippen LogP contribution in [0.4, 0.5) is 0 Å². The standard InChI is InChI=1S/C21H29N5O.HI/c1-4-22-21(24-19-11-18(19)17-8-6-5-7-15(17)2)26-9-10-27-20(14-26)16-12-23-25(3)13-16;/h5-8,12-13,18-20H,4,9-11,14H2,1-3H3,(H,22,24);1H. The highest BCUT2D eigenvalue weighted by molar-refractivity contribution is 14.0. The number of hydrogen-bond acceptors (Lipinski definition) is 3. The Kier molecular flexibility index (Phi) is 6.98. The summed E-state index contributed by atoms with van der Waals surface area (Å²) in [4.78, 5) is 7.10. The van der Waals surface area contributed by atoms with Crippen LogP contribution in [-0.4, -0.2) is 52.9 Å². The van der Waals surface area contributed by atoms with Crippen molar-refractivity contribution in [2.45, 2.75) is 38.3 Å². The number of guanidine groups is 1. The van der Waals surface area contributed by atoms with Crippen molar-refractivity contribution in [1.82, 2.24) is 20.0 Å². The molecule has 2 heterocycles. The summed E-state index contributed by atoms with van der Waals surface area (Å²) in [7, 11) is 1.94. The number of ether oxygens (including phenoxy) is 1. The summed E-state index contributed by atoms with van der Waals surface area (Å²) < 4.78 is 7.81. The molecule has 0 spiro atoms. The number of hydrogen-bond donors (Lipinski definition) is 1. The molecule has 2 aromatic rings. The van der Waals surface area contributed by atoms with Crippen molar-refractivity contribution in [3.8, 4) is 0 Å². The van der Waals surface area contributed by atoms with Gasteiger partial charge >= 0.3 is 0 Å². The summed E-state index contributed by atoms with van der Waals surface area (Å²) >= 11 is 0. The quantitative estimate of drug-likeness (QED) is 0.402. The summed E-state index contributed by atoms with van der Waals surface area (Å²) in [5.41, 5.74) is 3.96. The zero-order valence-electron chi connectivity index (χ0n) is 16.8. The van der Waals surface area contributed by atoms with E-state index in [0.717, 1.165) is 31.2 Å². The first-order valence-corrected chi connectivity index (χ1v) is 9.87. The normalized spacial score (nSPS) is 24.6. The maximum Gasteiger partial charge on any atom is 0.194 e. The first-order chi connectivity index (χ1) is 13.2. The van der Waals surface area contributed by atoms with Gasteiger partial charge in [0.15, 0.2) is 5.96 Å². The highest BCUT2D eigenvalue weighted by atomic mass is 127. The third-order valence-corrected chi connectivity index (χ3v) is 5.46. The van der Waals surface area contributed by atoms with Crippen molar-refractivity contribution < 1.29 is 4.74 Å². The van der Waals surface area contributed by atoms with Crippen molar-refractivity contribution in [1.29, 1.82) is 0 Å². The molecule has 3 unspecified atom stereocenters. The lowest BCUT2D eigenvalue weighted by molar-refractivity contribution is -0.00810. The number of aliphatic imine (C=N–C) groups is 1. The van der Waals surface area contributed by atoms with Gasteiger partial charge in [-0.25, -0.2) is 0 Å². The van der Waals surface area contributed by atoms with Gasteiger partial charge in [-0.3, -0.25) is 9.67 Å². The number of morpholine rings is 1. The summed E-state index contributed by atoms with van der Waals surface area (Å²) in [6.07, 6.45) is 5.15. The minimum Gasteiger partial charge on any atom is -0.370 e. The number of nitrogens with one attached hydrogen (secondary N) is 1. The van der Waals surface area contributed by atoms with Crippen LogP contribution in [0.25, 0.3) is 0 Å². The van der Waals surface area contributed by atoms with Crippen LogP contribution in [0, 0.1) is 6.92 Å². The van der Waals surface area contributed by atoms with Gasteiger partial charge in [0.25, 0.3) is 0 Å². The lowest BCUT2D eigenvalue weighted by Crippen LogP contribution is -2.49. The molecule has 152 valence electrons. The Balaban J connectivity index is 0.00000225. The molecular weight excluding hydrogens is 465 g/mol. The number of rotatable bonds is 4. The number of aromatic nitrogens is 2. The molecule has 1 aromatic heterocycles. The number of aryl methyl sites for hydroxylation is 2. The van der Waals surface area contributed by atoms with Gasteiger partial charge in [-0.2, -0.15) is 5.10 Å². The van der Waals surface area contributed by atoms with E-state index >= 15 is 0 Å². The molecule has 0 amide bonds. The van der Waals surface area contributed by atoms with E-state index in [-0.39, 0.29) is 30.1 Å². The summed E-state index contributed by atoms with van der Waals surface area (Å²) in [5, 5.41) is 7.99. The Bertz CT molecular complexity index is 821. The van der Waals surface area contributed by atoms with Gasteiger partial charge < -0.3 is 15.0 Å². The van der Waals surface area contributed by atoms with Crippen molar-refractivity contribution in [2.24, 2.45) is 12.0 Å². The lowest BCUT2D eigenvalue weighted by Gasteiger charge is -2.35. The van der Waals surface area contributed by atoms with E-state index in [9.17, 15) is 0 Å². The van der Waals surface area contributed by atoms with Crippen LogP contribution >= 0.6 is 24.0 Å². The van der Waals surface area contributed by atoms with Crippen LogP contribution < -0.4 is 5.32 Å². The zero-order chi connectivity index (χ0) is 18.8. The molecule has 6 nitrogen and oxygen atoms in total. The summed E-state index contributed by atoms with van der Waals surface area (Å²) in [6.45, 7) is 7.44. The van der Waals surface area contributed by atoms with Crippen molar-refractivity contribution in [3.63, 3.8) is 0 Å². The SMILES string of the molecule is CCN=C(NC1CC1c1ccccc1C)N1CCOC(c2cnn(C)c2)C1.I. The van der Waals surface area contributed by atoms with E-state index in [0.29, 0.717) is 18.6 Å². The third kappa shape index (κ3) is 4.68. The molecule has 1 saturated heterocycles. The second kappa shape index (κ2) is 9.26. The van der Waals surface area contributed by atoms with E-state index in [1.807, 2.05) is 24.1 Å². The van der Waals surface area contributed by atoms with Gasteiger partial charge in [-0.15, -0.1) is 24.0 Å². The van der Waals surface area contributed by atoms with Crippen LogP contribution in [0.3, 0.4) is 0 Å². The largest absolute Gasteiger partial charge is 0.370 e. The van der Waals surface area contributed by atoms with Gasteiger partial charge in [-0.05, 0) is 31.4 Å². The first kappa shape index (κ1) is 21.1. The molecule has 28 heavy (non-hydrogen) atoms. The fourth-order valence-electron chi connectivity index (χ4n) is 3.90. The Labute approximate surface area is 184 Å². The number of halogens is 1. The monoisotopic (exact) mass is 495 g/mol. The van der Waals surface area contributed by atoms with Gasteiger partial charge in [0.1, 0.15) is 6.10 Å². The molecule has 1 saturated carbocycles. The first-order valence-electron chi connectivity index (χ1n) is 9.87. The van der Waals surface area contributed by atoms with Crippen LogP contribution in [0.5, 0.6) is 0 Å². The molecule has 2 aliphatic rings. The van der Waals surface area contributed by atoms with Crippen molar-refractivity contribution in [2.75, 3.05) is 26.2 Å². The zero-order valence-corrected chi connectivity index (χ0v) is 19.2. The second-order valence-electron chi connectivity index (χ2n) is 7.50. The van der Waals surface area contributed by atoms with E-state index in [1.54, 1.807) is 0 Å². The Morgan fingerprint density at radius 1 is 1.36 bits per heavy atom. The fraction of sp³-hybridized carbons (Fsp3) is 0.524. The van der Waals surface area contributed by atoms with E-state index < -0.39 is 0 Å². The van der Waals surface area contributed by atoms with Gasteiger partial charge in [0.05, 0.1) is 19.3 Å². The van der Waals surface area contributed by atoms with Gasteiger partial charge in [0.2, 0.25) is 0 Å². The van der Waals surface area contributed by atoms with Crippen molar-refractivity contribution >= 4 is 29.9 Å². The van der Waals surface area contributed by atoms with E-state index in [4.69, 9.17) is 9.73 Å². The molecule has 1 N–H and O–H groups in total. The summed E-state index contributed by atoms with van der Waals surface area (Å²) in [6, 6.07) is 9.17. The average Bonchev–Trinajstić information content (AvgIpc) is 3.30. The molecule has 4 rings (SSSR count). The van der Waals surface area contributed by atoms with Gasteiger partial charge in [-0.1, -0.05) is 24.3 Å². The molecule has 0 bridgehead atoms. The second-order valence-corrected chi connectivity index (χ2v) is 7.50. The highest BCUT2D eigenvalue weighted by Gasteiger charge is 2.40. The maximum atomic E-state index is 5.98. The van der Waals surface area contributed by atoms with Crippen LogP contribution in [0.15, 0.2) is 41.7 Å². The lowest BCUT2D eigenvalue weighted by atomic mass is 10.0. The molecule has 0 radical (unpaired) electrons. The Hall–Kier alpha value is -1.61. The maximum absolute atomic E-state index is 5.98. The molecule has 7 heteroatoms. The summed E-state index contributed by atoms with van der Waals surface area (Å²) in [5.74, 6) is 1.60. The number of benzene rings is 1. The van der Waals surface area contributed by atoms with Crippen molar-refractivity contribution in [3.05, 3.63) is 53.3 Å². The molecular formula is C21H30IN5O.